The van der Waals surface area contributed by atoms with Crippen molar-refractivity contribution >= 4 is 11.6 Å². The summed E-state index contributed by atoms with van der Waals surface area (Å²) in [6.07, 6.45) is 0.846. The van der Waals surface area contributed by atoms with Crippen LogP contribution >= 0.6 is 11.6 Å². The summed E-state index contributed by atoms with van der Waals surface area (Å²) < 4.78 is 0. The van der Waals surface area contributed by atoms with E-state index in [9.17, 15) is 0 Å². The van der Waals surface area contributed by atoms with E-state index in [-0.39, 0.29) is 6.04 Å². The normalized spacial score (nSPS) is 23.5. The number of halogens is 1. The molecule has 0 amide bonds. The third kappa shape index (κ3) is 3.68. The highest BCUT2D eigenvalue weighted by Crippen LogP contribution is 2.19. The molecule has 5 heteroatoms. The molecule has 0 aliphatic carbocycles. The van der Waals surface area contributed by atoms with Crippen molar-refractivity contribution in [3.05, 3.63) is 34.9 Å². The smallest absolute Gasteiger partial charge is 0.0438 e. The van der Waals surface area contributed by atoms with Gasteiger partial charge in [-0.05, 0) is 32.1 Å². The third-order valence-electron chi connectivity index (χ3n) is 3.98. The number of benzene rings is 1. The summed E-state index contributed by atoms with van der Waals surface area (Å²) in [5.74, 6) is 5.77. The SMILES string of the molecule is CN1CCN(C)C(C(Cc2ccccc2Cl)NN)C1. The van der Waals surface area contributed by atoms with Crippen LogP contribution in [-0.4, -0.2) is 55.6 Å². The Labute approximate surface area is 120 Å². The van der Waals surface area contributed by atoms with E-state index >= 15 is 0 Å². The highest BCUT2D eigenvalue weighted by atomic mass is 35.5. The number of hydrogen-bond donors (Lipinski definition) is 2. The Bertz CT molecular complexity index is 412. The Morgan fingerprint density at radius 1 is 1.37 bits per heavy atom. The highest BCUT2D eigenvalue weighted by Gasteiger charge is 2.29. The molecule has 1 aromatic carbocycles. The summed E-state index contributed by atoms with van der Waals surface area (Å²) in [5, 5.41) is 0.814. The maximum atomic E-state index is 6.24. The van der Waals surface area contributed by atoms with Gasteiger partial charge in [0.15, 0.2) is 0 Å². The fourth-order valence-electron chi connectivity index (χ4n) is 2.69. The minimum atomic E-state index is 0.202. The minimum absolute atomic E-state index is 0.202. The van der Waals surface area contributed by atoms with Gasteiger partial charge in [-0.15, -0.1) is 0 Å². The predicted molar refractivity (Wildman–Crippen MR) is 80.2 cm³/mol. The maximum absolute atomic E-state index is 6.24. The van der Waals surface area contributed by atoms with Crippen molar-refractivity contribution in [1.29, 1.82) is 0 Å². The van der Waals surface area contributed by atoms with Gasteiger partial charge < -0.3 is 4.90 Å². The van der Waals surface area contributed by atoms with Gasteiger partial charge in [0.1, 0.15) is 0 Å². The monoisotopic (exact) mass is 282 g/mol. The van der Waals surface area contributed by atoms with Crippen LogP contribution in [-0.2, 0) is 6.42 Å². The fraction of sp³-hybridized carbons (Fsp3) is 0.571. The van der Waals surface area contributed by atoms with Crippen LogP contribution in [0.4, 0.5) is 0 Å². The molecule has 3 N–H and O–H groups in total. The second-order valence-corrected chi connectivity index (χ2v) is 5.79. The number of hydrogen-bond acceptors (Lipinski definition) is 4. The van der Waals surface area contributed by atoms with Gasteiger partial charge in [-0.3, -0.25) is 16.2 Å². The fourth-order valence-corrected chi connectivity index (χ4v) is 2.90. The van der Waals surface area contributed by atoms with Gasteiger partial charge in [-0.25, -0.2) is 0 Å². The van der Waals surface area contributed by atoms with E-state index < -0.39 is 0 Å². The topological polar surface area (TPSA) is 44.5 Å². The second-order valence-electron chi connectivity index (χ2n) is 5.38. The molecule has 0 bridgehead atoms. The van der Waals surface area contributed by atoms with Crippen molar-refractivity contribution in [2.24, 2.45) is 5.84 Å². The molecule has 0 radical (unpaired) electrons. The van der Waals surface area contributed by atoms with Crippen molar-refractivity contribution in [3.8, 4) is 0 Å². The van der Waals surface area contributed by atoms with E-state index in [2.05, 4.69) is 35.4 Å². The van der Waals surface area contributed by atoms with Crippen molar-refractivity contribution < 1.29 is 0 Å². The Morgan fingerprint density at radius 3 is 2.79 bits per heavy atom. The van der Waals surface area contributed by atoms with Crippen LogP contribution in [0.2, 0.25) is 5.02 Å². The lowest BCUT2D eigenvalue weighted by Crippen LogP contribution is -2.60. The van der Waals surface area contributed by atoms with Crippen molar-refractivity contribution in [3.63, 3.8) is 0 Å². The Hall–Kier alpha value is -0.650. The standard InChI is InChI=1S/C14H23ClN4/c1-18-7-8-19(2)14(10-18)13(17-16)9-11-5-3-4-6-12(11)15/h3-6,13-14,17H,7-10,16H2,1-2H3. The van der Waals surface area contributed by atoms with Gasteiger partial charge in [0.05, 0.1) is 0 Å². The quantitative estimate of drug-likeness (QED) is 0.638. The van der Waals surface area contributed by atoms with Crippen LogP contribution in [0.5, 0.6) is 0 Å². The molecular weight excluding hydrogens is 260 g/mol. The van der Waals surface area contributed by atoms with Crippen LogP contribution < -0.4 is 11.3 Å². The van der Waals surface area contributed by atoms with Crippen molar-refractivity contribution in [2.45, 2.75) is 18.5 Å². The first-order valence-corrected chi connectivity index (χ1v) is 7.08. The second kappa shape index (κ2) is 6.68. The molecule has 2 unspecified atom stereocenters. The van der Waals surface area contributed by atoms with Crippen LogP contribution in [0.15, 0.2) is 24.3 Å². The number of likely N-dealkylation sites (N-methyl/N-ethyl adjacent to an activating group) is 2. The zero-order valence-electron chi connectivity index (χ0n) is 11.6. The Balaban J connectivity index is 2.09. The molecule has 106 valence electrons. The van der Waals surface area contributed by atoms with Gasteiger partial charge in [0.25, 0.3) is 0 Å². The minimum Gasteiger partial charge on any atom is -0.303 e. The molecule has 0 aromatic heterocycles. The number of nitrogens with one attached hydrogen (secondary N) is 1. The Morgan fingerprint density at radius 2 is 2.11 bits per heavy atom. The first-order chi connectivity index (χ1) is 9.11. The average molecular weight is 283 g/mol. The van der Waals surface area contributed by atoms with E-state index in [0.717, 1.165) is 36.6 Å². The Kier molecular flexibility index (Phi) is 5.19. The molecule has 1 heterocycles. The first-order valence-electron chi connectivity index (χ1n) is 6.70. The molecule has 0 spiro atoms. The van der Waals surface area contributed by atoms with Crippen LogP contribution in [0.25, 0.3) is 0 Å². The van der Waals surface area contributed by atoms with Gasteiger partial charge in [0.2, 0.25) is 0 Å². The lowest BCUT2D eigenvalue weighted by molar-refractivity contribution is 0.0877. The van der Waals surface area contributed by atoms with Crippen molar-refractivity contribution in [1.82, 2.24) is 15.2 Å². The first kappa shape index (κ1) is 14.8. The summed E-state index contributed by atoms with van der Waals surface area (Å²) in [6.45, 7) is 3.20. The molecule has 1 saturated heterocycles. The molecule has 0 saturated carbocycles. The zero-order chi connectivity index (χ0) is 13.8. The summed E-state index contributed by atoms with van der Waals surface area (Å²) >= 11 is 6.24. The van der Waals surface area contributed by atoms with Crippen LogP contribution in [0.1, 0.15) is 5.56 Å². The lowest BCUT2D eigenvalue weighted by atomic mass is 9.97. The van der Waals surface area contributed by atoms with Crippen molar-refractivity contribution in [2.75, 3.05) is 33.7 Å². The molecule has 1 aliphatic rings. The number of hydrazine groups is 1. The maximum Gasteiger partial charge on any atom is 0.0438 e. The van der Waals surface area contributed by atoms with E-state index in [0.29, 0.717) is 6.04 Å². The number of rotatable bonds is 4. The van der Waals surface area contributed by atoms with Crippen LogP contribution in [0, 0.1) is 0 Å². The van der Waals surface area contributed by atoms with E-state index in [1.807, 2.05) is 18.2 Å². The van der Waals surface area contributed by atoms with Gasteiger partial charge in [0, 0.05) is 36.7 Å². The number of piperazine rings is 1. The summed E-state index contributed by atoms with van der Waals surface area (Å²) in [5.41, 5.74) is 4.12. The number of nitrogens with two attached hydrogens (primary N) is 1. The summed E-state index contributed by atoms with van der Waals surface area (Å²) in [7, 11) is 4.32. The van der Waals surface area contributed by atoms with E-state index in [1.54, 1.807) is 0 Å². The molecule has 1 fully saturated rings. The van der Waals surface area contributed by atoms with E-state index in [1.165, 1.54) is 0 Å². The molecule has 4 nitrogen and oxygen atoms in total. The lowest BCUT2D eigenvalue weighted by Gasteiger charge is -2.41. The molecule has 2 atom stereocenters. The zero-order valence-corrected chi connectivity index (χ0v) is 12.4. The predicted octanol–water partition coefficient (Wildman–Crippen LogP) is 0.960. The molecule has 1 aliphatic heterocycles. The van der Waals surface area contributed by atoms with Gasteiger partial charge in [-0.2, -0.15) is 0 Å². The van der Waals surface area contributed by atoms with Gasteiger partial charge >= 0.3 is 0 Å². The molecule has 19 heavy (non-hydrogen) atoms. The third-order valence-corrected chi connectivity index (χ3v) is 4.34. The average Bonchev–Trinajstić information content (AvgIpc) is 2.41. The molecule has 2 rings (SSSR count). The van der Waals surface area contributed by atoms with Crippen LogP contribution in [0.3, 0.4) is 0 Å². The summed E-state index contributed by atoms with van der Waals surface area (Å²) in [4.78, 5) is 4.73. The van der Waals surface area contributed by atoms with E-state index in [4.69, 9.17) is 17.4 Å². The highest BCUT2D eigenvalue weighted by molar-refractivity contribution is 6.31. The largest absolute Gasteiger partial charge is 0.303 e. The summed E-state index contributed by atoms with van der Waals surface area (Å²) in [6, 6.07) is 8.58. The molecular formula is C14H23ClN4. The molecule has 1 aromatic rings. The number of nitrogens with zero attached hydrogens (tertiary/aromatic N) is 2. The van der Waals surface area contributed by atoms with Gasteiger partial charge in [-0.1, -0.05) is 29.8 Å².